The van der Waals surface area contributed by atoms with Gasteiger partial charge in [-0.2, -0.15) is 15.6 Å². The highest BCUT2D eigenvalue weighted by atomic mass is 16.2. The molecule has 0 saturated carbocycles. The number of H-pyrrole nitrogens is 1. The van der Waals surface area contributed by atoms with Gasteiger partial charge in [-0.05, 0) is 13.8 Å². The normalized spacial score (nSPS) is 9.56. The van der Waals surface area contributed by atoms with Crippen LogP contribution in [-0.4, -0.2) is 34.1 Å². The summed E-state index contributed by atoms with van der Waals surface area (Å²) in [7, 11) is 0. The molecule has 1 N–H and O–H groups in total. The van der Waals surface area contributed by atoms with Crippen molar-refractivity contribution in [1.82, 2.24) is 15.1 Å². The van der Waals surface area contributed by atoms with Crippen molar-refractivity contribution in [3.63, 3.8) is 0 Å². The zero-order valence-electron chi connectivity index (χ0n) is 10.5. The van der Waals surface area contributed by atoms with Crippen molar-refractivity contribution in [3.8, 4) is 12.1 Å². The number of amides is 1. The summed E-state index contributed by atoms with van der Waals surface area (Å²) in [6, 6.07) is 4.01. The lowest BCUT2D eigenvalue weighted by atomic mass is 10.1. The first kappa shape index (κ1) is 13.7. The number of aryl methyl sites for hydroxylation is 2. The van der Waals surface area contributed by atoms with Gasteiger partial charge < -0.3 is 4.90 Å². The SMILES string of the molecule is Cc1n[nH]c(C)c1C(=O)N(CCC#N)CCC#N. The molecule has 0 aliphatic rings. The van der Waals surface area contributed by atoms with Crippen LogP contribution < -0.4 is 0 Å². The van der Waals surface area contributed by atoms with E-state index in [1.807, 2.05) is 12.1 Å². The van der Waals surface area contributed by atoms with Crippen molar-refractivity contribution in [2.24, 2.45) is 0 Å². The minimum Gasteiger partial charge on any atom is -0.336 e. The van der Waals surface area contributed by atoms with Gasteiger partial charge in [-0.3, -0.25) is 9.89 Å². The predicted octanol–water partition coefficient (Wildman–Crippen LogP) is 1.30. The Labute approximate surface area is 106 Å². The zero-order chi connectivity index (χ0) is 13.5. The second kappa shape index (κ2) is 6.41. The molecule has 1 heterocycles. The fraction of sp³-hybridized carbons (Fsp3) is 0.500. The first-order valence-electron chi connectivity index (χ1n) is 5.66. The molecule has 0 spiro atoms. The molecule has 6 nitrogen and oxygen atoms in total. The number of rotatable bonds is 5. The fourth-order valence-electron chi connectivity index (χ4n) is 1.71. The Morgan fingerprint density at radius 2 is 1.83 bits per heavy atom. The number of carbonyl (C=O) groups excluding carboxylic acids is 1. The van der Waals surface area contributed by atoms with Crippen LogP contribution >= 0.6 is 0 Å². The van der Waals surface area contributed by atoms with E-state index in [-0.39, 0.29) is 18.7 Å². The first-order valence-corrected chi connectivity index (χ1v) is 5.66. The molecule has 0 atom stereocenters. The van der Waals surface area contributed by atoms with Crippen LogP contribution in [0.4, 0.5) is 0 Å². The quantitative estimate of drug-likeness (QED) is 0.845. The van der Waals surface area contributed by atoms with Crippen LogP contribution in [0.1, 0.15) is 34.6 Å². The molecule has 18 heavy (non-hydrogen) atoms. The molecule has 6 heteroatoms. The van der Waals surface area contributed by atoms with Gasteiger partial charge in [0, 0.05) is 18.8 Å². The Morgan fingerprint density at radius 1 is 1.28 bits per heavy atom. The summed E-state index contributed by atoms with van der Waals surface area (Å²) in [6.07, 6.45) is 0.514. The van der Waals surface area contributed by atoms with Gasteiger partial charge in [0.05, 0.1) is 36.2 Å². The summed E-state index contributed by atoms with van der Waals surface area (Å²) in [5.41, 5.74) is 1.87. The van der Waals surface area contributed by atoms with Crippen LogP contribution in [0.2, 0.25) is 0 Å². The molecule has 1 aromatic rings. The van der Waals surface area contributed by atoms with E-state index in [0.29, 0.717) is 30.0 Å². The number of aromatic amines is 1. The van der Waals surface area contributed by atoms with Gasteiger partial charge in [0.15, 0.2) is 0 Å². The number of hydrogen-bond acceptors (Lipinski definition) is 4. The number of aromatic nitrogens is 2. The molecule has 0 bridgehead atoms. The molecule has 0 fully saturated rings. The number of nitriles is 2. The molecule has 1 rings (SSSR count). The second-order valence-electron chi connectivity index (χ2n) is 3.92. The van der Waals surface area contributed by atoms with Gasteiger partial charge in [-0.15, -0.1) is 0 Å². The largest absolute Gasteiger partial charge is 0.336 e. The lowest BCUT2D eigenvalue weighted by Crippen LogP contribution is -2.33. The first-order chi connectivity index (χ1) is 8.61. The summed E-state index contributed by atoms with van der Waals surface area (Å²) in [4.78, 5) is 13.8. The van der Waals surface area contributed by atoms with E-state index in [0.717, 1.165) is 0 Å². The minimum atomic E-state index is -0.177. The lowest BCUT2D eigenvalue weighted by Gasteiger charge is -2.20. The second-order valence-corrected chi connectivity index (χ2v) is 3.92. The Morgan fingerprint density at radius 3 is 2.22 bits per heavy atom. The number of nitrogens with one attached hydrogen (secondary N) is 1. The number of hydrogen-bond donors (Lipinski definition) is 1. The van der Waals surface area contributed by atoms with Crippen LogP contribution in [0.5, 0.6) is 0 Å². The van der Waals surface area contributed by atoms with Gasteiger partial charge in [0.25, 0.3) is 5.91 Å². The average molecular weight is 245 g/mol. The Kier molecular flexibility index (Phi) is 4.89. The van der Waals surface area contributed by atoms with Gasteiger partial charge >= 0.3 is 0 Å². The molecule has 0 saturated heterocycles. The molecule has 94 valence electrons. The van der Waals surface area contributed by atoms with E-state index in [9.17, 15) is 4.79 Å². The van der Waals surface area contributed by atoms with Crippen LogP contribution in [0.25, 0.3) is 0 Å². The number of nitrogens with zero attached hydrogens (tertiary/aromatic N) is 4. The van der Waals surface area contributed by atoms with E-state index in [1.165, 1.54) is 4.90 Å². The zero-order valence-corrected chi connectivity index (χ0v) is 10.5. The third-order valence-electron chi connectivity index (χ3n) is 2.62. The van der Waals surface area contributed by atoms with Crippen molar-refractivity contribution < 1.29 is 4.79 Å². The van der Waals surface area contributed by atoms with Gasteiger partial charge in [0.2, 0.25) is 0 Å². The smallest absolute Gasteiger partial charge is 0.257 e. The average Bonchev–Trinajstić information content (AvgIpc) is 2.68. The van der Waals surface area contributed by atoms with Crippen LogP contribution in [0.3, 0.4) is 0 Å². The fourth-order valence-corrected chi connectivity index (χ4v) is 1.71. The van der Waals surface area contributed by atoms with E-state index in [1.54, 1.807) is 13.8 Å². The molecule has 0 aromatic carbocycles. The van der Waals surface area contributed by atoms with E-state index >= 15 is 0 Å². The van der Waals surface area contributed by atoms with Crippen LogP contribution in [-0.2, 0) is 0 Å². The molecule has 0 radical (unpaired) electrons. The summed E-state index contributed by atoms with van der Waals surface area (Å²) < 4.78 is 0. The predicted molar refractivity (Wildman–Crippen MR) is 64.4 cm³/mol. The van der Waals surface area contributed by atoms with Crippen molar-refractivity contribution in [2.75, 3.05) is 13.1 Å². The highest BCUT2D eigenvalue weighted by Gasteiger charge is 2.21. The Bertz CT molecular complexity index is 468. The highest BCUT2D eigenvalue weighted by Crippen LogP contribution is 2.13. The lowest BCUT2D eigenvalue weighted by molar-refractivity contribution is 0.0761. The van der Waals surface area contributed by atoms with Crippen molar-refractivity contribution in [2.45, 2.75) is 26.7 Å². The molecule has 0 aliphatic heterocycles. The van der Waals surface area contributed by atoms with E-state index in [2.05, 4.69) is 10.2 Å². The maximum atomic E-state index is 12.3. The highest BCUT2D eigenvalue weighted by molar-refractivity contribution is 5.96. The third-order valence-corrected chi connectivity index (χ3v) is 2.62. The molecule has 1 aromatic heterocycles. The number of carbonyl (C=O) groups is 1. The Hall–Kier alpha value is -2.34. The maximum absolute atomic E-state index is 12.3. The molecular formula is C12H15N5O. The standard InChI is InChI=1S/C12H15N5O/c1-9-11(10(2)16-15-9)12(18)17(7-3-5-13)8-4-6-14/h3-4,7-8H2,1-2H3,(H,15,16). The topological polar surface area (TPSA) is 96.6 Å². The summed E-state index contributed by atoms with van der Waals surface area (Å²) in [6.45, 7) is 4.20. The molecule has 0 aliphatic carbocycles. The molecular weight excluding hydrogens is 230 g/mol. The van der Waals surface area contributed by atoms with Crippen LogP contribution in [0.15, 0.2) is 0 Å². The summed E-state index contributed by atoms with van der Waals surface area (Å²) in [5.74, 6) is -0.177. The maximum Gasteiger partial charge on any atom is 0.257 e. The van der Waals surface area contributed by atoms with E-state index < -0.39 is 0 Å². The van der Waals surface area contributed by atoms with Crippen molar-refractivity contribution in [1.29, 1.82) is 10.5 Å². The Balaban J connectivity index is 2.88. The van der Waals surface area contributed by atoms with Crippen molar-refractivity contribution >= 4 is 5.91 Å². The van der Waals surface area contributed by atoms with Crippen LogP contribution in [0, 0.1) is 36.5 Å². The van der Waals surface area contributed by atoms with Gasteiger partial charge in [-0.25, -0.2) is 0 Å². The van der Waals surface area contributed by atoms with Crippen molar-refractivity contribution in [3.05, 3.63) is 17.0 Å². The van der Waals surface area contributed by atoms with Gasteiger partial charge in [-0.1, -0.05) is 0 Å². The summed E-state index contributed by atoms with van der Waals surface area (Å²) in [5, 5.41) is 23.9. The third kappa shape index (κ3) is 3.08. The van der Waals surface area contributed by atoms with Gasteiger partial charge in [0.1, 0.15) is 0 Å². The minimum absolute atomic E-state index is 0.177. The van der Waals surface area contributed by atoms with E-state index in [4.69, 9.17) is 10.5 Å². The summed E-state index contributed by atoms with van der Waals surface area (Å²) >= 11 is 0. The molecule has 1 amide bonds. The molecule has 0 unspecified atom stereocenters. The monoisotopic (exact) mass is 245 g/mol.